The molecule has 0 radical (unpaired) electrons. The van der Waals surface area contributed by atoms with Gasteiger partial charge in [0.15, 0.2) is 18.1 Å². The topological polar surface area (TPSA) is 132 Å². The van der Waals surface area contributed by atoms with Gasteiger partial charge in [0.05, 0.1) is 15.7 Å². The molecule has 0 aliphatic heterocycles. The summed E-state index contributed by atoms with van der Waals surface area (Å²) in [7, 11) is 0. The zero-order chi connectivity index (χ0) is 24.0. The van der Waals surface area contributed by atoms with Crippen LogP contribution in [0.1, 0.15) is 41.3 Å². The molecule has 0 atom stereocenters. The Bertz CT molecular complexity index is 1210. The van der Waals surface area contributed by atoms with Crippen LogP contribution >= 0.6 is 33.9 Å². The van der Waals surface area contributed by atoms with Crippen LogP contribution in [0.4, 0.5) is 5.00 Å². The summed E-state index contributed by atoms with van der Waals surface area (Å²) in [5, 5.41) is 31.3. The first-order valence-corrected chi connectivity index (χ1v) is 12.1. The fourth-order valence-corrected chi connectivity index (χ4v) is 5.48. The molecule has 0 saturated heterocycles. The smallest absolute Gasteiger partial charge is 0.341 e. The second-order valence-corrected chi connectivity index (χ2v) is 9.36. The van der Waals surface area contributed by atoms with Gasteiger partial charge in [-0.25, -0.2) is 4.79 Å². The Morgan fingerprint density at radius 2 is 2.03 bits per heavy atom. The van der Waals surface area contributed by atoms with Crippen LogP contribution in [0.3, 0.4) is 0 Å². The number of carboxylic acids is 1. The number of ether oxygens (including phenoxy) is 2. The van der Waals surface area contributed by atoms with Crippen LogP contribution in [0.15, 0.2) is 17.7 Å². The highest BCUT2D eigenvalue weighted by Crippen LogP contribution is 2.38. The summed E-state index contributed by atoms with van der Waals surface area (Å²) in [6.45, 7) is 1.57. The summed E-state index contributed by atoms with van der Waals surface area (Å²) in [6.07, 6.45) is 5.20. The summed E-state index contributed by atoms with van der Waals surface area (Å²) in [5.41, 5.74) is 1.86. The van der Waals surface area contributed by atoms with Crippen molar-refractivity contribution in [2.45, 2.75) is 32.6 Å². The number of rotatable bonds is 8. The van der Waals surface area contributed by atoms with Gasteiger partial charge in [0.25, 0.3) is 5.91 Å². The van der Waals surface area contributed by atoms with Crippen LogP contribution in [0.25, 0.3) is 6.08 Å². The van der Waals surface area contributed by atoms with Gasteiger partial charge in [-0.2, -0.15) is 10.5 Å². The van der Waals surface area contributed by atoms with Gasteiger partial charge in [0.2, 0.25) is 0 Å². The second kappa shape index (κ2) is 11.2. The predicted molar refractivity (Wildman–Crippen MR) is 131 cm³/mol. The molecule has 1 amide bonds. The molecule has 1 aromatic carbocycles. The van der Waals surface area contributed by atoms with Gasteiger partial charge in [-0.15, -0.1) is 11.3 Å². The molecule has 3 rings (SSSR count). The van der Waals surface area contributed by atoms with Crippen molar-refractivity contribution in [2.24, 2.45) is 0 Å². The maximum absolute atomic E-state index is 12.8. The number of nitriles is 2. The highest BCUT2D eigenvalue weighted by Gasteiger charge is 2.23. The average molecular weight is 577 g/mol. The van der Waals surface area contributed by atoms with Crippen molar-refractivity contribution >= 4 is 56.9 Å². The quantitative estimate of drug-likeness (QED) is 0.268. The molecule has 0 bridgehead atoms. The molecule has 0 unspecified atom stereocenters. The summed E-state index contributed by atoms with van der Waals surface area (Å²) in [5.74, 6) is -1.13. The number of fused-ring (bicyclic) bond motifs is 1. The number of hydrogen-bond donors (Lipinski definition) is 2. The normalized spacial score (nSPS) is 12.8. The Labute approximate surface area is 208 Å². The van der Waals surface area contributed by atoms with Gasteiger partial charge in [0, 0.05) is 4.88 Å². The largest absolute Gasteiger partial charge is 0.490 e. The highest BCUT2D eigenvalue weighted by molar-refractivity contribution is 14.1. The minimum absolute atomic E-state index is 0.136. The molecule has 10 heteroatoms. The minimum Gasteiger partial charge on any atom is -0.490 e. The van der Waals surface area contributed by atoms with Crippen LogP contribution in [-0.2, 0) is 22.4 Å². The molecule has 8 nitrogen and oxygen atoms in total. The number of carboxylic acid groups (broad SMARTS) is 1. The van der Waals surface area contributed by atoms with Gasteiger partial charge in [-0.05, 0) is 84.5 Å². The standard InChI is InChI=1S/C23H20IN3O5S/c1-2-31-18-9-13(8-17(24)21(18)32-12-20(28)29)7-14(10-25)22(30)27-23-16(11-26)15-5-3-4-6-19(15)33-23/h7-9H,2-6,12H2,1H3,(H,27,30)(H,28,29)/b14-7+. The number of hydrogen-bond acceptors (Lipinski definition) is 7. The molecular weight excluding hydrogens is 557 g/mol. The number of nitrogens with one attached hydrogen (secondary N) is 1. The van der Waals surface area contributed by atoms with E-state index in [1.54, 1.807) is 19.1 Å². The Morgan fingerprint density at radius 3 is 2.70 bits per heavy atom. The van der Waals surface area contributed by atoms with E-state index >= 15 is 0 Å². The number of carbonyl (C=O) groups excluding carboxylic acids is 1. The fourth-order valence-electron chi connectivity index (χ4n) is 3.47. The molecule has 0 fully saturated rings. The van der Waals surface area contributed by atoms with E-state index in [-0.39, 0.29) is 11.3 Å². The first-order valence-electron chi connectivity index (χ1n) is 10.2. The molecular formula is C23H20IN3O5S. The summed E-state index contributed by atoms with van der Waals surface area (Å²) in [6, 6.07) is 7.35. The lowest BCUT2D eigenvalue weighted by Crippen LogP contribution is -2.13. The number of nitrogens with zero attached hydrogens (tertiary/aromatic N) is 2. The molecule has 0 spiro atoms. The van der Waals surface area contributed by atoms with Gasteiger partial charge in [-0.1, -0.05) is 0 Å². The average Bonchev–Trinajstić information content (AvgIpc) is 3.13. The number of anilines is 1. The van der Waals surface area contributed by atoms with Gasteiger partial charge in [-0.3, -0.25) is 4.79 Å². The van der Waals surface area contributed by atoms with Crippen molar-refractivity contribution in [2.75, 3.05) is 18.5 Å². The van der Waals surface area contributed by atoms with Gasteiger partial charge < -0.3 is 19.9 Å². The van der Waals surface area contributed by atoms with Crippen LogP contribution in [-0.4, -0.2) is 30.2 Å². The van der Waals surface area contributed by atoms with Gasteiger partial charge >= 0.3 is 5.97 Å². The molecule has 1 aliphatic carbocycles. The molecule has 1 aromatic heterocycles. The van der Waals surface area contributed by atoms with Crippen molar-refractivity contribution in [3.63, 3.8) is 0 Å². The van der Waals surface area contributed by atoms with Crippen molar-refractivity contribution in [1.82, 2.24) is 0 Å². The lowest BCUT2D eigenvalue weighted by molar-refractivity contribution is -0.139. The van der Waals surface area contributed by atoms with Gasteiger partial charge in [0.1, 0.15) is 22.7 Å². The minimum atomic E-state index is -1.12. The third-order valence-corrected chi connectivity index (χ3v) is 6.87. The Hall–Kier alpha value is -3.09. The number of carbonyl (C=O) groups is 2. The molecule has 2 N–H and O–H groups in total. The van der Waals surface area contributed by atoms with Crippen molar-refractivity contribution in [3.05, 3.63) is 42.8 Å². The van der Waals surface area contributed by atoms with Crippen molar-refractivity contribution < 1.29 is 24.2 Å². The summed E-state index contributed by atoms with van der Waals surface area (Å²) < 4.78 is 11.5. The molecule has 2 aromatic rings. The predicted octanol–water partition coefficient (Wildman–Crippen LogP) is 4.51. The third-order valence-electron chi connectivity index (χ3n) is 4.86. The summed E-state index contributed by atoms with van der Waals surface area (Å²) in [4.78, 5) is 24.8. The first-order chi connectivity index (χ1) is 15.9. The first kappa shape index (κ1) is 24.6. The van der Waals surface area contributed by atoms with Crippen LogP contribution < -0.4 is 14.8 Å². The lowest BCUT2D eigenvalue weighted by atomic mass is 9.96. The molecule has 1 heterocycles. The van der Waals surface area contributed by atoms with Crippen molar-refractivity contribution in [3.8, 4) is 23.6 Å². The molecule has 170 valence electrons. The highest BCUT2D eigenvalue weighted by atomic mass is 127. The number of benzene rings is 1. The van der Waals surface area contributed by atoms with Crippen LogP contribution in [0.2, 0.25) is 0 Å². The number of halogens is 1. The maximum atomic E-state index is 12.8. The lowest BCUT2D eigenvalue weighted by Gasteiger charge is -2.13. The van der Waals surface area contributed by atoms with E-state index in [0.717, 1.165) is 36.1 Å². The second-order valence-electron chi connectivity index (χ2n) is 7.10. The number of amides is 1. The molecule has 0 saturated carbocycles. The molecule has 33 heavy (non-hydrogen) atoms. The SMILES string of the molecule is CCOc1cc(/C=C(\C#N)C(=O)Nc2sc3c(c2C#N)CCCC3)cc(I)c1OCC(=O)O. The van der Waals surface area contributed by atoms with Crippen LogP contribution in [0.5, 0.6) is 11.5 Å². The fraction of sp³-hybridized carbons (Fsp3) is 0.304. The van der Waals surface area contributed by atoms with E-state index in [9.17, 15) is 20.1 Å². The van der Waals surface area contributed by atoms with E-state index < -0.39 is 18.5 Å². The Kier molecular flexibility index (Phi) is 8.31. The zero-order valence-corrected chi connectivity index (χ0v) is 20.7. The number of aryl methyl sites for hydroxylation is 1. The van der Waals surface area contributed by atoms with Crippen LogP contribution in [0, 0.1) is 26.2 Å². The summed E-state index contributed by atoms with van der Waals surface area (Å²) >= 11 is 3.37. The Morgan fingerprint density at radius 1 is 1.27 bits per heavy atom. The van der Waals surface area contributed by atoms with E-state index in [1.165, 1.54) is 17.4 Å². The Balaban J connectivity index is 1.89. The van der Waals surface area contributed by atoms with Crippen molar-refractivity contribution in [1.29, 1.82) is 10.5 Å². The maximum Gasteiger partial charge on any atom is 0.341 e. The number of aliphatic carboxylic acids is 1. The molecule has 1 aliphatic rings. The monoisotopic (exact) mass is 577 g/mol. The third kappa shape index (κ3) is 5.83. The van der Waals surface area contributed by atoms with E-state index in [0.29, 0.717) is 32.1 Å². The van der Waals surface area contributed by atoms with E-state index in [2.05, 4.69) is 11.4 Å². The van der Waals surface area contributed by atoms with E-state index in [1.807, 2.05) is 28.7 Å². The zero-order valence-electron chi connectivity index (χ0n) is 17.7. The van der Waals surface area contributed by atoms with E-state index in [4.69, 9.17) is 14.6 Å². The number of thiophene rings is 1.